The molecular formula is C11H21N3O. The van der Waals surface area contributed by atoms with Gasteiger partial charge in [-0.25, -0.2) is 0 Å². The van der Waals surface area contributed by atoms with E-state index in [9.17, 15) is 0 Å². The third kappa shape index (κ3) is 2.84. The molecule has 4 heteroatoms. The van der Waals surface area contributed by atoms with Crippen molar-refractivity contribution in [2.75, 3.05) is 13.1 Å². The summed E-state index contributed by atoms with van der Waals surface area (Å²) in [4.78, 5) is 2.39. The molecule has 0 spiro atoms. The molecule has 3 N–H and O–H groups in total. The highest BCUT2D eigenvalue weighted by Gasteiger charge is 2.28. The van der Waals surface area contributed by atoms with Gasteiger partial charge in [-0.2, -0.15) is 0 Å². The van der Waals surface area contributed by atoms with Crippen LogP contribution in [0.15, 0.2) is 5.16 Å². The minimum atomic E-state index is 0.183. The molecule has 15 heavy (non-hydrogen) atoms. The average molecular weight is 211 g/mol. The van der Waals surface area contributed by atoms with E-state index < -0.39 is 0 Å². The first-order valence-corrected chi connectivity index (χ1v) is 6.02. The topological polar surface area (TPSA) is 61.9 Å². The summed E-state index contributed by atoms with van der Waals surface area (Å²) in [5, 5.41) is 11.9. The lowest BCUT2D eigenvalue weighted by Gasteiger charge is -2.34. The number of nitrogens with two attached hydrogens (primary N) is 1. The quantitative estimate of drug-likeness (QED) is 0.320. The van der Waals surface area contributed by atoms with Crippen LogP contribution in [0.1, 0.15) is 38.5 Å². The molecule has 1 aliphatic carbocycles. The first kappa shape index (κ1) is 10.7. The Labute approximate surface area is 91.1 Å². The van der Waals surface area contributed by atoms with Gasteiger partial charge in [0, 0.05) is 0 Å². The molecule has 1 aliphatic heterocycles. The van der Waals surface area contributed by atoms with Crippen LogP contribution in [-0.4, -0.2) is 35.1 Å². The lowest BCUT2D eigenvalue weighted by atomic mass is 10.0. The SMILES string of the molecule is NC(=NO)C1CCCCN1CCC1CC1. The Morgan fingerprint density at radius 2 is 2.13 bits per heavy atom. The van der Waals surface area contributed by atoms with Crippen LogP contribution in [0.5, 0.6) is 0 Å². The monoisotopic (exact) mass is 211 g/mol. The second-order valence-corrected chi connectivity index (χ2v) is 4.80. The van der Waals surface area contributed by atoms with Gasteiger partial charge in [0.1, 0.15) is 0 Å². The van der Waals surface area contributed by atoms with Crippen LogP contribution in [0.3, 0.4) is 0 Å². The van der Waals surface area contributed by atoms with Gasteiger partial charge < -0.3 is 10.9 Å². The van der Waals surface area contributed by atoms with Crippen molar-refractivity contribution in [1.29, 1.82) is 0 Å². The van der Waals surface area contributed by atoms with E-state index in [2.05, 4.69) is 10.1 Å². The van der Waals surface area contributed by atoms with Crippen molar-refractivity contribution in [3.05, 3.63) is 0 Å². The smallest absolute Gasteiger partial charge is 0.156 e. The van der Waals surface area contributed by atoms with Gasteiger partial charge >= 0.3 is 0 Å². The van der Waals surface area contributed by atoms with Crippen LogP contribution >= 0.6 is 0 Å². The van der Waals surface area contributed by atoms with Crippen molar-refractivity contribution < 1.29 is 5.21 Å². The van der Waals surface area contributed by atoms with Crippen LogP contribution in [0.2, 0.25) is 0 Å². The van der Waals surface area contributed by atoms with Crippen LogP contribution in [-0.2, 0) is 0 Å². The van der Waals surface area contributed by atoms with E-state index in [4.69, 9.17) is 10.9 Å². The standard InChI is InChI=1S/C11H21N3O/c12-11(13-15)10-3-1-2-7-14(10)8-6-9-4-5-9/h9-10,15H,1-8H2,(H2,12,13). The molecule has 1 unspecified atom stereocenters. The Bertz CT molecular complexity index is 238. The summed E-state index contributed by atoms with van der Waals surface area (Å²) in [7, 11) is 0. The molecule has 0 bridgehead atoms. The highest BCUT2D eigenvalue weighted by molar-refractivity contribution is 5.85. The number of rotatable bonds is 4. The largest absolute Gasteiger partial charge is 0.409 e. The van der Waals surface area contributed by atoms with Crippen LogP contribution in [0, 0.1) is 5.92 Å². The van der Waals surface area contributed by atoms with Crippen molar-refractivity contribution in [1.82, 2.24) is 4.90 Å². The first-order valence-electron chi connectivity index (χ1n) is 6.02. The Morgan fingerprint density at radius 3 is 2.80 bits per heavy atom. The fraction of sp³-hybridized carbons (Fsp3) is 0.909. The molecule has 2 rings (SSSR count). The molecule has 1 heterocycles. The van der Waals surface area contributed by atoms with Crippen LogP contribution in [0.4, 0.5) is 0 Å². The summed E-state index contributed by atoms with van der Waals surface area (Å²) in [6.07, 6.45) is 7.58. The molecule has 0 aromatic heterocycles. The second kappa shape index (κ2) is 4.84. The third-order valence-electron chi connectivity index (χ3n) is 3.59. The first-order chi connectivity index (χ1) is 7.31. The number of nitrogens with zero attached hydrogens (tertiary/aromatic N) is 2. The van der Waals surface area contributed by atoms with E-state index in [1.54, 1.807) is 0 Å². The van der Waals surface area contributed by atoms with Crippen molar-refractivity contribution in [2.24, 2.45) is 16.8 Å². The van der Waals surface area contributed by atoms with Crippen LogP contribution < -0.4 is 5.73 Å². The van der Waals surface area contributed by atoms with E-state index in [1.165, 1.54) is 32.1 Å². The van der Waals surface area contributed by atoms with Crippen molar-refractivity contribution >= 4 is 5.84 Å². The zero-order chi connectivity index (χ0) is 10.7. The molecule has 2 aliphatic rings. The maximum Gasteiger partial charge on any atom is 0.156 e. The number of likely N-dealkylation sites (tertiary alicyclic amines) is 1. The van der Waals surface area contributed by atoms with Crippen molar-refractivity contribution in [3.8, 4) is 0 Å². The highest BCUT2D eigenvalue weighted by atomic mass is 16.4. The van der Waals surface area contributed by atoms with E-state index in [1.807, 2.05) is 0 Å². The highest BCUT2D eigenvalue weighted by Crippen LogP contribution is 2.33. The molecule has 1 atom stereocenters. The second-order valence-electron chi connectivity index (χ2n) is 4.80. The zero-order valence-electron chi connectivity index (χ0n) is 9.23. The Kier molecular flexibility index (Phi) is 3.46. The molecule has 0 radical (unpaired) electrons. The molecule has 1 saturated carbocycles. The van der Waals surface area contributed by atoms with Gasteiger partial charge in [0.25, 0.3) is 0 Å². The summed E-state index contributed by atoms with van der Waals surface area (Å²) in [6, 6.07) is 0.183. The fourth-order valence-corrected chi connectivity index (χ4v) is 2.42. The summed E-state index contributed by atoms with van der Waals surface area (Å²) in [6.45, 7) is 2.22. The minimum absolute atomic E-state index is 0.183. The number of piperidine rings is 1. The number of hydrogen-bond acceptors (Lipinski definition) is 3. The fourth-order valence-electron chi connectivity index (χ4n) is 2.42. The summed E-state index contributed by atoms with van der Waals surface area (Å²) < 4.78 is 0. The predicted molar refractivity (Wildman–Crippen MR) is 60.0 cm³/mol. The molecule has 4 nitrogen and oxygen atoms in total. The molecule has 0 aromatic rings. The minimum Gasteiger partial charge on any atom is -0.409 e. The Hall–Kier alpha value is -0.770. The van der Waals surface area contributed by atoms with E-state index in [-0.39, 0.29) is 6.04 Å². The van der Waals surface area contributed by atoms with Gasteiger partial charge in [0.05, 0.1) is 6.04 Å². The molecule has 2 fully saturated rings. The summed E-state index contributed by atoms with van der Waals surface area (Å²) in [5.41, 5.74) is 5.72. The number of oxime groups is 1. The normalized spacial score (nSPS) is 29.3. The van der Waals surface area contributed by atoms with E-state index in [0.717, 1.165) is 25.4 Å². The summed E-state index contributed by atoms with van der Waals surface area (Å²) in [5.74, 6) is 1.35. The van der Waals surface area contributed by atoms with Crippen molar-refractivity contribution in [3.63, 3.8) is 0 Å². The maximum absolute atomic E-state index is 8.73. The van der Waals surface area contributed by atoms with Gasteiger partial charge in [-0.1, -0.05) is 24.4 Å². The maximum atomic E-state index is 8.73. The predicted octanol–water partition coefficient (Wildman–Crippen LogP) is 1.39. The zero-order valence-corrected chi connectivity index (χ0v) is 9.23. The van der Waals surface area contributed by atoms with Crippen molar-refractivity contribution in [2.45, 2.75) is 44.6 Å². The van der Waals surface area contributed by atoms with Crippen LogP contribution in [0.25, 0.3) is 0 Å². The number of amidine groups is 1. The van der Waals surface area contributed by atoms with E-state index >= 15 is 0 Å². The molecule has 0 amide bonds. The average Bonchev–Trinajstić information content (AvgIpc) is 3.09. The molecule has 86 valence electrons. The van der Waals surface area contributed by atoms with Gasteiger partial charge in [0.2, 0.25) is 0 Å². The van der Waals surface area contributed by atoms with Gasteiger partial charge in [0.15, 0.2) is 5.84 Å². The third-order valence-corrected chi connectivity index (χ3v) is 3.59. The Morgan fingerprint density at radius 1 is 1.33 bits per heavy atom. The van der Waals surface area contributed by atoms with Gasteiger partial charge in [-0.3, -0.25) is 4.90 Å². The van der Waals surface area contributed by atoms with Gasteiger partial charge in [-0.15, -0.1) is 0 Å². The Balaban J connectivity index is 1.86. The molecular weight excluding hydrogens is 190 g/mol. The number of hydrogen-bond donors (Lipinski definition) is 2. The molecule has 1 saturated heterocycles. The molecule has 0 aromatic carbocycles. The van der Waals surface area contributed by atoms with Gasteiger partial charge in [-0.05, 0) is 38.3 Å². The van der Waals surface area contributed by atoms with E-state index in [0.29, 0.717) is 5.84 Å². The lowest BCUT2D eigenvalue weighted by Crippen LogP contribution is -2.48. The lowest BCUT2D eigenvalue weighted by molar-refractivity contribution is 0.181. The summed E-state index contributed by atoms with van der Waals surface area (Å²) >= 11 is 0.